The third-order valence-corrected chi connectivity index (χ3v) is 4.28. The first-order chi connectivity index (χ1) is 10.1. The van der Waals surface area contributed by atoms with Crippen LogP contribution in [0.3, 0.4) is 0 Å². The van der Waals surface area contributed by atoms with Crippen LogP contribution in [0.2, 0.25) is 0 Å². The molecule has 0 amide bonds. The summed E-state index contributed by atoms with van der Waals surface area (Å²) >= 11 is 0. The number of nitriles is 1. The Morgan fingerprint density at radius 1 is 1.19 bits per heavy atom. The van der Waals surface area contributed by atoms with Crippen LogP contribution in [0.1, 0.15) is 36.0 Å². The van der Waals surface area contributed by atoms with Gasteiger partial charge in [-0.15, -0.1) is 0 Å². The van der Waals surface area contributed by atoms with Gasteiger partial charge in [-0.25, -0.2) is 0 Å². The molecule has 3 nitrogen and oxygen atoms in total. The lowest BCUT2D eigenvalue weighted by molar-refractivity contribution is 0.103. The average molecular weight is 282 g/mol. The van der Waals surface area contributed by atoms with Crippen molar-refractivity contribution in [3.63, 3.8) is 0 Å². The van der Waals surface area contributed by atoms with E-state index in [1.807, 2.05) is 24.3 Å². The number of rotatable bonds is 4. The predicted octanol–water partition coefficient (Wildman–Crippen LogP) is 3.44. The molecule has 1 aliphatic carbocycles. The van der Waals surface area contributed by atoms with Gasteiger partial charge in [0.05, 0.1) is 5.57 Å². The zero-order valence-corrected chi connectivity index (χ0v) is 12.7. The van der Waals surface area contributed by atoms with Crippen LogP contribution in [-0.4, -0.2) is 30.8 Å². The highest BCUT2D eigenvalue weighted by Crippen LogP contribution is 2.28. The third-order valence-electron chi connectivity index (χ3n) is 4.28. The van der Waals surface area contributed by atoms with Gasteiger partial charge in [0.1, 0.15) is 6.07 Å². The standard InChI is InChI=1S/C18H22N2O/c1-20(2)17-10-8-14(9-11-17)12-16(13-19)18(21)15-6-4-3-5-7-15/h3-7,12,14,17H,8-11H2,1-2H3. The van der Waals surface area contributed by atoms with Crippen LogP contribution in [-0.2, 0) is 0 Å². The van der Waals surface area contributed by atoms with E-state index in [0.717, 1.165) is 25.7 Å². The van der Waals surface area contributed by atoms with Crippen molar-refractivity contribution in [1.82, 2.24) is 4.90 Å². The molecule has 21 heavy (non-hydrogen) atoms. The van der Waals surface area contributed by atoms with Gasteiger partial charge in [-0.2, -0.15) is 5.26 Å². The summed E-state index contributed by atoms with van der Waals surface area (Å²) in [6, 6.07) is 11.8. The number of allylic oxidation sites excluding steroid dienone is 2. The quantitative estimate of drug-likeness (QED) is 0.483. The number of hydrogen-bond donors (Lipinski definition) is 0. The first-order valence-corrected chi connectivity index (χ1v) is 7.50. The Balaban J connectivity index is 2.05. The van der Waals surface area contributed by atoms with E-state index in [9.17, 15) is 10.1 Å². The molecule has 0 radical (unpaired) electrons. The molecule has 1 aliphatic rings. The fourth-order valence-corrected chi connectivity index (χ4v) is 2.93. The number of hydrogen-bond acceptors (Lipinski definition) is 3. The van der Waals surface area contributed by atoms with Crippen LogP contribution < -0.4 is 0 Å². The highest BCUT2D eigenvalue weighted by molar-refractivity contribution is 6.11. The molecule has 0 N–H and O–H groups in total. The van der Waals surface area contributed by atoms with Gasteiger partial charge < -0.3 is 4.90 Å². The van der Waals surface area contributed by atoms with E-state index in [4.69, 9.17) is 0 Å². The fraction of sp³-hybridized carbons (Fsp3) is 0.444. The highest BCUT2D eigenvalue weighted by atomic mass is 16.1. The Kier molecular flexibility index (Phi) is 5.30. The molecule has 3 heteroatoms. The minimum absolute atomic E-state index is 0.159. The average Bonchev–Trinajstić information content (AvgIpc) is 2.53. The normalized spacial score (nSPS) is 22.9. The van der Waals surface area contributed by atoms with E-state index < -0.39 is 0 Å². The van der Waals surface area contributed by atoms with E-state index >= 15 is 0 Å². The summed E-state index contributed by atoms with van der Waals surface area (Å²) < 4.78 is 0. The molecular weight excluding hydrogens is 260 g/mol. The predicted molar refractivity (Wildman–Crippen MR) is 83.9 cm³/mol. The number of carbonyl (C=O) groups excluding carboxylic acids is 1. The molecular formula is C18H22N2O. The van der Waals surface area contributed by atoms with E-state index in [-0.39, 0.29) is 11.4 Å². The SMILES string of the molecule is CN(C)C1CCC(C=C(C#N)C(=O)c2ccccc2)CC1. The second kappa shape index (κ2) is 7.19. The van der Waals surface area contributed by atoms with Crippen molar-refractivity contribution in [2.75, 3.05) is 14.1 Å². The first kappa shape index (κ1) is 15.5. The van der Waals surface area contributed by atoms with Crippen molar-refractivity contribution in [3.8, 4) is 6.07 Å². The largest absolute Gasteiger partial charge is 0.306 e. The summed E-state index contributed by atoms with van der Waals surface area (Å²) in [4.78, 5) is 14.6. The molecule has 0 saturated heterocycles. The minimum atomic E-state index is -0.159. The maximum absolute atomic E-state index is 12.3. The lowest BCUT2D eigenvalue weighted by Gasteiger charge is -2.31. The van der Waals surface area contributed by atoms with Crippen molar-refractivity contribution in [2.45, 2.75) is 31.7 Å². The molecule has 1 saturated carbocycles. The molecule has 0 unspecified atom stereocenters. The van der Waals surface area contributed by atoms with Gasteiger partial charge in [0.25, 0.3) is 0 Å². The summed E-state index contributed by atoms with van der Waals surface area (Å²) in [6.45, 7) is 0. The second-order valence-corrected chi connectivity index (χ2v) is 5.92. The molecule has 1 aromatic rings. The maximum atomic E-state index is 12.3. The lowest BCUT2D eigenvalue weighted by Crippen LogP contribution is -2.31. The van der Waals surface area contributed by atoms with Crippen LogP contribution >= 0.6 is 0 Å². The van der Waals surface area contributed by atoms with Crippen LogP contribution in [0.4, 0.5) is 0 Å². The third kappa shape index (κ3) is 4.03. The Bertz CT molecular complexity index is 546. The zero-order chi connectivity index (χ0) is 15.2. The molecule has 2 rings (SSSR count). The summed E-state index contributed by atoms with van der Waals surface area (Å²) in [7, 11) is 4.22. The number of nitrogens with zero attached hydrogens (tertiary/aromatic N) is 2. The van der Waals surface area contributed by atoms with Gasteiger partial charge in [0, 0.05) is 11.6 Å². The summed E-state index contributed by atoms with van der Waals surface area (Å²) in [6.07, 6.45) is 6.26. The number of ketones is 1. The number of carbonyl (C=O) groups is 1. The molecule has 1 aromatic carbocycles. The lowest BCUT2D eigenvalue weighted by atomic mass is 9.84. The monoisotopic (exact) mass is 282 g/mol. The van der Waals surface area contributed by atoms with E-state index in [0.29, 0.717) is 17.5 Å². The first-order valence-electron chi connectivity index (χ1n) is 7.50. The molecule has 110 valence electrons. The van der Waals surface area contributed by atoms with Gasteiger partial charge in [0.15, 0.2) is 0 Å². The topological polar surface area (TPSA) is 44.1 Å². The van der Waals surface area contributed by atoms with Gasteiger partial charge in [-0.3, -0.25) is 4.79 Å². The number of Topliss-reactive ketones (excluding diaryl/α,β-unsaturated/α-hetero) is 1. The van der Waals surface area contributed by atoms with Gasteiger partial charge in [0.2, 0.25) is 5.78 Å². The van der Waals surface area contributed by atoms with Crippen LogP contribution in [0.15, 0.2) is 42.0 Å². The molecule has 0 aliphatic heterocycles. The van der Waals surface area contributed by atoms with Gasteiger partial charge in [-0.05, 0) is 45.7 Å². The maximum Gasteiger partial charge on any atom is 0.203 e. The zero-order valence-electron chi connectivity index (χ0n) is 12.7. The van der Waals surface area contributed by atoms with Crippen molar-refractivity contribution in [2.24, 2.45) is 5.92 Å². The van der Waals surface area contributed by atoms with Crippen LogP contribution in [0.25, 0.3) is 0 Å². The highest BCUT2D eigenvalue weighted by Gasteiger charge is 2.22. The van der Waals surface area contributed by atoms with E-state index in [2.05, 4.69) is 25.1 Å². The second-order valence-electron chi connectivity index (χ2n) is 5.92. The summed E-state index contributed by atoms with van der Waals surface area (Å²) in [5.41, 5.74) is 0.877. The van der Waals surface area contributed by atoms with Crippen LogP contribution in [0, 0.1) is 17.2 Å². The molecule has 0 bridgehead atoms. The van der Waals surface area contributed by atoms with Gasteiger partial charge >= 0.3 is 0 Å². The molecule has 1 fully saturated rings. The Hall–Kier alpha value is -1.92. The smallest absolute Gasteiger partial charge is 0.203 e. The fourth-order valence-electron chi connectivity index (χ4n) is 2.93. The van der Waals surface area contributed by atoms with Crippen LogP contribution in [0.5, 0.6) is 0 Å². The van der Waals surface area contributed by atoms with E-state index in [1.54, 1.807) is 12.1 Å². The Morgan fingerprint density at radius 3 is 2.33 bits per heavy atom. The number of benzene rings is 1. The molecule has 0 aromatic heterocycles. The van der Waals surface area contributed by atoms with Crippen molar-refractivity contribution >= 4 is 5.78 Å². The van der Waals surface area contributed by atoms with Crippen molar-refractivity contribution in [1.29, 1.82) is 5.26 Å². The summed E-state index contributed by atoms with van der Waals surface area (Å²) in [5, 5.41) is 9.28. The molecule has 0 heterocycles. The Labute approximate surface area is 126 Å². The molecule has 0 spiro atoms. The van der Waals surface area contributed by atoms with E-state index in [1.165, 1.54) is 0 Å². The van der Waals surface area contributed by atoms with Gasteiger partial charge in [-0.1, -0.05) is 36.4 Å². The Morgan fingerprint density at radius 2 is 1.81 bits per heavy atom. The minimum Gasteiger partial charge on any atom is -0.306 e. The summed E-state index contributed by atoms with van der Waals surface area (Å²) in [5.74, 6) is 0.191. The van der Waals surface area contributed by atoms with Crippen molar-refractivity contribution in [3.05, 3.63) is 47.5 Å². The molecule has 0 atom stereocenters. The van der Waals surface area contributed by atoms with Crippen molar-refractivity contribution < 1.29 is 4.79 Å².